The van der Waals surface area contributed by atoms with Crippen LogP contribution in [0.4, 0.5) is 0 Å². The van der Waals surface area contributed by atoms with Crippen LogP contribution in [0.2, 0.25) is 5.02 Å². The summed E-state index contributed by atoms with van der Waals surface area (Å²) in [4.78, 5) is 23.8. The first kappa shape index (κ1) is 19.9. The molecule has 4 nitrogen and oxygen atoms in total. The standard InChI is InChI=1S/C23H21ClO4/c1-16-13-20(24)11-12-21(16)28-23(26)8-4-7-22(25)27-15-17-9-10-18-5-2-3-6-19(18)14-17/h2-3,5-6,9-14H,4,7-8,15H2,1H3. The van der Waals surface area contributed by atoms with Crippen molar-refractivity contribution in [1.29, 1.82) is 0 Å². The molecule has 0 aliphatic rings. The molecule has 0 saturated heterocycles. The van der Waals surface area contributed by atoms with Gasteiger partial charge in [-0.3, -0.25) is 9.59 Å². The van der Waals surface area contributed by atoms with Gasteiger partial charge in [0, 0.05) is 17.9 Å². The number of hydrogen-bond donors (Lipinski definition) is 0. The Morgan fingerprint density at radius 2 is 1.64 bits per heavy atom. The fourth-order valence-electron chi connectivity index (χ4n) is 2.84. The smallest absolute Gasteiger partial charge is 0.311 e. The first-order chi connectivity index (χ1) is 13.5. The summed E-state index contributed by atoms with van der Waals surface area (Å²) < 4.78 is 10.6. The van der Waals surface area contributed by atoms with Crippen LogP contribution < -0.4 is 4.74 Å². The third-order valence-electron chi connectivity index (χ3n) is 4.34. The molecular formula is C23H21ClO4. The number of esters is 2. The van der Waals surface area contributed by atoms with Crippen molar-refractivity contribution in [3.05, 3.63) is 76.8 Å². The molecule has 0 unspecified atom stereocenters. The third-order valence-corrected chi connectivity index (χ3v) is 4.57. The molecule has 0 atom stereocenters. The second-order valence-corrected chi connectivity index (χ2v) is 7.02. The quantitative estimate of drug-likeness (QED) is 0.384. The van der Waals surface area contributed by atoms with Gasteiger partial charge in [-0.15, -0.1) is 0 Å². The number of carbonyl (C=O) groups is 2. The molecule has 3 aromatic carbocycles. The SMILES string of the molecule is Cc1cc(Cl)ccc1OC(=O)CCCC(=O)OCc1ccc2ccccc2c1. The highest BCUT2D eigenvalue weighted by molar-refractivity contribution is 6.30. The van der Waals surface area contributed by atoms with Gasteiger partial charge in [-0.05, 0) is 59.5 Å². The van der Waals surface area contributed by atoms with Crippen LogP contribution in [0.25, 0.3) is 10.8 Å². The van der Waals surface area contributed by atoms with E-state index in [1.807, 2.05) is 49.4 Å². The molecule has 5 heteroatoms. The molecule has 3 rings (SSSR count). The first-order valence-corrected chi connectivity index (χ1v) is 9.49. The van der Waals surface area contributed by atoms with E-state index in [9.17, 15) is 9.59 Å². The summed E-state index contributed by atoms with van der Waals surface area (Å²) in [6, 6.07) is 19.0. The Morgan fingerprint density at radius 1 is 0.893 bits per heavy atom. The maximum atomic E-state index is 11.9. The normalized spacial score (nSPS) is 10.6. The minimum Gasteiger partial charge on any atom is -0.461 e. The fraction of sp³-hybridized carbons (Fsp3) is 0.217. The van der Waals surface area contributed by atoms with Gasteiger partial charge in [0.1, 0.15) is 12.4 Å². The molecule has 0 aliphatic carbocycles. The van der Waals surface area contributed by atoms with Crippen LogP contribution in [0, 0.1) is 6.92 Å². The van der Waals surface area contributed by atoms with Gasteiger partial charge in [-0.1, -0.05) is 48.0 Å². The maximum Gasteiger partial charge on any atom is 0.311 e. The molecule has 0 spiro atoms. The van der Waals surface area contributed by atoms with E-state index in [0.29, 0.717) is 17.2 Å². The van der Waals surface area contributed by atoms with E-state index >= 15 is 0 Å². The highest BCUT2D eigenvalue weighted by atomic mass is 35.5. The maximum absolute atomic E-state index is 11.9. The summed E-state index contributed by atoms with van der Waals surface area (Å²) in [5, 5.41) is 2.84. The van der Waals surface area contributed by atoms with Crippen LogP contribution in [-0.2, 0) is 20.9 Å². The van der Waals surface area contributed by atoms with Gasteiger partial charge >= 0.3 is 11.9 Å². The van der Waals surface area contributed by atoms with Gasteiger partial charge in [-0.25, -0.2) is 0 Å². The Balaban J connectivity index is 1.40. The van der Waals surface area contributed by atoms with Gasteiger partial charge in [0.2, 0.25) is 0 Å². The van der Waals surface area contributed by atoms with Crippen molar-refractivity contribution in [3.8, 4) is 5.75 Å². The fourth-order valence-corrected chi connectivity index (χ4v) is 3.07. The van der Waals surface area contributed by atoms with Gasteiger partial charge < -0.3 is 9.47 Å². The third kappa shape index (κ3) is 5.57. The molecule has 144 valence electrons. The lowest BCUT2D eigenvalue weighted by atomic mass is 10.1. The van der Waals surface area contributed by atoms with Crippen molar-refractivity contribution in [1.82, 2.24) is 0 Å². The van der Waals surface area contributed by atoms with E-state index in [0.717, 1.165) is 21.9 Å². The summed E-state index contributed by atoms with van der Waals surface area (Å²) in [5.41, 5.74) is 1.72. The predicted molar refractivity (Wildman–Crippen MR) is 109 cm³/mol. The topological polar surface area (TPSA) is 52.6 Å². The zero-order valence-corrected chi connectivity index (χ0v) is 16.4. The lowest BCUT2D eigenvalue weighted by Crippen LogP contribution is -2.10. The molecular weight excluding hydrogens is 376 g/mol. The molecule has 0 aliphatic heterocycles. The summed E-state index contributed by atoms with van der Waals surface area (Å²) in [5.74, 6) is -0.232. The number of halogens is 1. The van der Waals surface area contributed by atoms with Gasteiger partial charge in [0.15, 0.2) is 0 Å². The van der Waals surface area contributed by atoms with E-state index in [1.54, 1.807) is 18.2 Å². The Morgan fingerprint density at radius 3 is 2.43 bits per heavy atom. The van der Waals surface area contributed by atoms with Crippen LogP contribution in [0.5, 0.6) is 5.75 Å². The summed E-state index contributed by atoms with van der Waals surface area (Å²) in [6.45, 7) is 2.04. The number of ether oxygens (including phenoxy) is 2. The Kier molecular flexibility index (Phi) is 6.66. The van der Waals surface area contributed by atoms with E-state index < -0.39 is 0 Å². The molecule has 0 aromatic heterocycles. The molecule has 3 aromatic rings. The number of rotatable bonds is 7. The molecule has 0 fully saturated rings. The average molecular weight is 397 g/mol. The Hall–Kier alpha value is -2.85. The summed E-state index contributed by atoms with van der Waals surface area (Å²) >= 11 is 5.88. The molecule has 0 heterocycles. The molecule has 28 heavy (non-hydrogen) atoms. The lowest BCUT2D eigenvalue weighted by molar-refractivity contribution is -0.145. The summed E-state index contributed by atoms with van der Waals surface area (Å²) in [7, 11) is 0. The second-order valence-electron chi connectivity index (χ2n) is 6.58. The van der Waals surface area contributed by atoms with Crippen molar-refractivity contribution in [3.63, 3.8) is 0 Å². The van der Waals surface area contributed by atoms with E-state index in [1.165, 1.54) is 0 Å². The van der Waals surface area contributed by atoms with Crippen molar-refractivity contribution in [2.24, 2.45) is 0 Å². The first-order valence-electron chi connectivity index (χ1n) is 9.11. The van der Waals surface area contributed by atoms with Crippen LogP contribution in [0.1, 0.15) is 30.4 Å². The number of aryl methyl sites for hydroxylation is 1. The highest BCUT2D eigenvalue weighted by Crippen LogP contribution is 2.22. The van der Waals surface area contributed by atoms with E-state index in [-0.39, 0.29) is 31.4 Å². The van der Waals surface area contributed by atoms with Crippen LogP contribution >= 0.6 is 11.6 Å². The van der Waals surface area contributed by atoms with Crippen LogP contribution in [0.3, 0.4) is 0 Å². The van der Waals surface area contributed by atoms with Crippen LogP contribution in [0.15, 0.2) is 60.7 Å². The van der Waals surface area contributed by atoms with Gasteiger partial charge in [-0.2, -0.15) is 0 Å². The average Bonchev–Trinajstić information content (AvgIpc) is 2.68. The minimum absolute atomic E-state index is 0.146. The van der Waals surface area contributed by atoms with Gasteiger partial charge in [0.05, 0.1) is 0 Å². The van der Waals surface area contributed by atoms with Gasteiger partial charge in [0.25, 0.3) is 0 Å². The molecule has 0 radical (unpaired) electrons. The Labute approximate surface area is 169 Å². The number of benzene rings is 3. The molecule has 0 N–H and O–H groups in total. The predicted octanol–water partition coefficient (Wildman–Crippen LogP) is 5.62. The number of fused-ring (bicyclic) bond motifs is 1. The van der Waals surface area contributed by atoms with Crippen molar-refractivity contribution in [2.45, 2.75) is 32.8 Å². The van der Waals surface area contributed by atoms with Crippen LogP contribution in [-0.4, -0.2) is 11.9 Å². The highest BCUT2D eigenvalue weighted by Gasteiger charge is 2.10. The zero-order chi connectivity index (χ0) is 19.9. The zero-order valence-electron chi connectivity index (χ0n) is 15.6. The van der Waals surface area contributed by atoms with Crippen molar-refractivity contribution in [2.75, 3.05) is 0 Å². The second kappa shape index (κ2) is 9.38. The molecule has 0 amide bonds. The molecule has 0 bridgehead atoms. The Bertz CT molecular complexity index is 997. The minimum atomic E-state index is -0.382. The molecule has 0 saturated carbocycles. The van der Waals surface area contributed by atoms with E-state index in [4.69, 9.17) is 21.1 Å². The van der Waals surface area contributed by atoms with Crippen molar-refractivity contribution >= 4 is 34.3 Å². The number of hydrogen-bond acceptors (Lipinski definition) is 4. The van der Waals surface area contributed by atoms with Crippen molar-refractivity contribution < 1.29 is 19.1 Å². The number of carbonyl (C=O) groups excluding carboxylic acids is 2. The lowest BCUT2D eigenvalue weighted by Gasteiger charge is -2.08. The summed E-state index contributed by atoms with van der Waals surface area (Å²) in [6.07, 6.45) is 0.692. The monoisotopic (exact) mass is 396 g/mol. The largest absolute Gasteiger partial charge is 0.461 e. The van der Waals surface area contributed by atoms with E-state index in [2.05, 4.69) is 0 Å².